The van der Waals surface area contributed by atoms with E-state index in [1.807, 2.05) is 6.07 Å². The summed E-state index contributed by atoms with van der Waals surface area (Å²) in [6, 6.07) is 1.98. The second-order valence-corrected chi connectivity index (χ2v) is 5.19. The van der Waals surface area contributed by atoms with E-state index in [1.54, 1.807) is 12.4 Å². The van der Waals surface area contributed by atoms with Crippen LogP contribution in [0.1, 0.15) is 12.8 Å². The van der Waals surface area contributed by atoms with Crippen LogP contribution in [-0.2, 0) is 0 Å². The second kappa shape index (κ2) is 4.49. The van der Waals surface area contributed by atoms with Crippen molar-refractivity contribution in [1.82, 2.24) is 4.98 Å². The number of pyridine rings is 1. The molecule has 14 heavy (non-hydrogen) atoms. The molecule has 1 saturated heterocycles. The van der Waals surface area contributed by atoms with Gasteiger partial charge in [0.2, 0.25) is 0 Å². The normalized spacial score (nSPS) is 18.6. The molecule has 76 valence electrons. The summed E-state index contributed by atoms with van der Waals surface area (Å²) < 4.78 is 0. The molecule has 4 heteroatoms. The highest BCUT2D eigenvalue weighted by Gasteiger charge is 2.18. The molecule has 0 atom stereocenters. The minimum absolute atomic E-state index is 0.666. The maximum atomic E-state index is 6.08. The molecule has 0 N–H and O–H groups in total. The van der Waals surface area contributed by atoms with Crippen molar-refractivity contribution in [3.8, 4) is 0 Å². The third kappa shape index (κ3) is 2.20. The smallest absolute Gasteiger partial charge is 0.0822 e. The van der Waals surface area contributed by atoms with E-state index in [1.165, 1.54) is 12.8 Å². The van der Waals surface area contributed by atoms with Gasteiger partial charge in [0.15, 0.2) is 0 Å². The summed E-state index contributed by atoms with van der Waals surface area (Å²) >= 11 is 9.71. The van der Waals surface area contributed by atoms with Crippen molar-refractivity contribution in [3.05, 3.63) is 23.5 Å². The van der Waals surface area contributed by atoms with E-state index in [4.69, 9.17) is 11.6 Å². The van der Waals surface area contributed by atoms with Crippen LogP contribution in [0, 0.1) is 0 Å². The van der Waals surface area contributed by atoms with Crippen molar-refractivity contribution in [3.63, 3.8) is 0 Å². The van der Waals surface area contributed by atoms with E-state index < -0.39 is 0 Å². The van der Waals surface area contributed by atoms with Crippen molar-refractivity contribution >= 4 is 33.2 Å². The highest BCUT2D eigenvalue weighted by molar-refractivity contribution is 9.09. The molecule has 0 saturated carbocycles. The lowest BCUT2D eigenvalue weighted by atomic mass is 10.1. The van der Waals surface area contributed by atoms with Crippen LogP contribution in [0.15, 0.2) is 18.5 Å². The molecular formula is C10H12BrClN2. The molecule has 0 bridgehead atoms. The minimum Gasteiger partial charge on any atom is -0.370 e. The predicted octanol–water partition coefficient (Wildman–Crippen LogP) is 3.10. The Bertz CT molecular complexity index is 311. The Hall–Kier alpha value is -0.280. The minimum atomic E-state index is 0.666. The summed E-state index contributed by atoms with van der Waals surface area (Å²) in [7, 11) is 0. The van der Waals surface area contributed by atoms with E-state index in [9.17, 15) is 0 Å². The van der Waals surface area contributed by atoms with Gasteiger partial charge in [-0.1, -0.05) is 27.5 Å². The Kier molecular flexibility index (Phi) is 3.29. The van der Waals surface area contributed by atoms with Crippen LogP contribution in [0.3, 0.4) is 0 Å². The van der Waals surface area contributed by atoms with E-state index in [0.717, 1.165) is 23.8 Å². The SMILES string of the molecule is Clc1cnccc1N1CCC(Br)CC1. The third-order valence-electron chi connectivity index (χ3n) is 2.52. The fraction of sp³-hybridized carbons (Fsp3) is 0.500. The zero-order valence-corrected chi connectivity index (χ0v) is 10.1. The van der Waals surface area contributed by atoms with E-state index in [-0.39, 0.29) is 0 Å². The summed E-state index contributed by atoms with van der Waals surface area (Å²) in [5.41, 5.74) is 1.11. The zero-order chi connectivity index (χ0) is 9.97. The molecule has 1 aliphatic rings. The van der Waals surface area contributed by atoms with Gasteiger partial charge in [0.25, 0.3) is 0 Å². The Labute approximate surface area is 97.4 Å². The van der Waals surface area contributed by atoms with Crippen molar-refractivity contribution in [2.45, 2.75) is 17.7 Å². The van der Waals surface area contributed by atoms with Crippen LogP contribution < -0.4 is 4.90 Å². The fourth-order valence-corrected chi connectivity index (χ4v) is 2.36. The zero-order valence-electron chi connectivity index (χ0n) is 7.79. The number of alkyl halides is 1. The van der Waals surface area contributed by atoms with Gasteiger partial charge in [-0.2, -0.15) is 0 Å². The average Bonchev–Trinajstić information content (AvgIpc) is 2.20. The monoisotopic (exact) mass is 274 g/mol. The number of hydrogen-bond acceptors (Lipinski definition) is 2. The predicted molar refractivity (Wildman–Crippen MR) is 63.4 cm³/mol. The van der Waals surface area contributed by atoms with Gasteiger partial charge >= 0.3 is 0 Å². The summed E-state index contributed by atoms with van der Waals surface area (Å²) in [5, 5.41) is 0.750. The van der Waals surface area contributed by atoms with E-state index in [2.05, 4.69) is 25.8 Å². The van der Waals surface area contributed by atoms with Crippen LogP contribution in [0.5, 0.6) is 0 Å². The quantitative estimate of drug-likeness (QED) is 0.732. The molecule has 0 amide bonds. The van der Waals surface area contributed by atoms with Crippen LogP contribution >= 0.6 is 27.5 Å². The standard InChI is InChI=1S/C10H12BrClN2/c11-8-2-5-14(6-3-8)10-1-4-13-7-9(10)12/h1,4,7-8H,2-3,5-6H2. The molecule has 0 spiro atoms. The van der Waals surface area contributed by atoms with Crippen LogP contribution in [0.25, 0.3) is 0 Å². The molecular weight excluding hydrogens is 263 g/mol. The summed E-state index contributed by atoms with van der Waals surface area (Å²) in [6.45, 7) is 2.14. The van der Waals surface area contributed by atoms with Gasteiger partial charge in [0.05, 0.1) is 10.7 Å². The lowest BCUT2D eigenvalue weighted by Gasteiger charge is -2.31. The lowest BCUT2D eigenvalue weighted by Crippen LogP contribution is -2.33. The van der Waals surface area contributed by atoms with Gasteiger partial charge in [-0.25, -0.2) is 0 Å². The first-order valence-electron chi connectivity index (χ1n) is 4.76. The topological polar surface area (TPSA) is 16.1 Å². The molecule has 1 aromatic heterocycles. The van der Waals surface area contributed by atoms with Gasteiger partial charge in [-0.3, -0.25) is 4.98 Å². The molecule has 1 fully saturated rings. The molecule has 1 aromatic rings. The van der Waals surface area contributed by atoms with Gasteiger partial charge in [-0.05, 0) is 18.9 Å². The third-order valence-corrected chi connectivity index (χ3v) is 3.72. The van der Waals surface area contributed by atoms with Crippen LogP contribution in [0.4, 0.5) is 5.69 Å². The Morgan fingerprint density at radius 3 is 2.79 bits per heavy atom. The average molecular weight is 276 g/mol. The molecule has 2 nitrogen and oxygen atoms in total. The molecule has 1 aliphatic heterocycles. The Morgan fingerprint density at radius 2 is 2.14 bits per heavy atom. The highest BCUT2D eigenvalue weighted by atomic mass is 79.9. The van der Waals surface area contributed by atoms with E-state index in [0.29, 0.717) is 4.83 Å². The summed E-state index contributed by atoms with van der Waals surface area (Å²) in [6.07, 6.45) is 5.86. The Balaban J connectivity index is 2.12. The van der Waals surface area contributed by atoms with Gasteiger partial charge in [0, 0.05) is 30.3 Å². The van der Waals surface area contributed by atoms with Crippen LogP contribution in [-0.4, -0.2) is 22.9 Å². The number of halogens is 2. The van der Waals surface area contributed by atoms with Gasteiger partial charge < -0.3 is 4.90 Å². The molecule has 0 radical (unpaired) electrons. The van der Waals surface area contributed by atoms with E-state index >= 15 is 0 Å². The molecule has 2 heterocycles. The number of nitrogens with zero attached hydrogens (tertiary/aromatic N) is 2. The number of hydrogen-bond donors (Lipinski definition) is 0. The highest BCUT2D eigenvalue weighted by Crippen LogP contribution is 2.28. The molecule has 0 aliphatic carbocycles. The Morgan fingerprint density at radius 1 is 1.43 bits per heavy atom. The largest absolute Gasteiger partial charge is 0.370 e. The maximum absolute atomic E-state index is 6.08. The van der Waals surface area contributed by atoms with Crippen molar-refractivity contribution in [2.24, 2.45) is 0 Å². The van der Waals surface area contributed by atoms with Crippen LogP contribution in [0.2, 0.25) is 5.02 Å². The number of piperidine rings is 1. The number of rotatable bonds is 1. The summed E-state index contributed by atoms with van der Waals surface area (Å²) in [5.74, 6) is 0. The molecule has 0 unspecified atom stereocenters. The van der Waals surface area contributed by atoms with Gasteiger partial charge in [-0.15, -0.1) is 0 Å². The first kappa shape index (κ1) is 10.2. The first-order valence-corrected chi connectivity index (χ1v) is 6.05. The lowest BCUT2D eigenvalue weighted by molar-refractivity contribution is 0.597. The summed E-state index contributed by atoms with van der Waals surface area (Å²) in [4.78, 5) is 6.97. The second-order valence-electron chi connectivity index (χ2n) is 3.49. The number of aromatic nitrogens is 1. The number of anilines is 1. The van der Waals surface area contributed by atoms with Crippen molar-refractivity contribution < 1.29 is 0 Å². The fourth-order valence-electron chi connectivity index (χ4n) is 1.71. The van der Waals surface area contributed by atoms with Crippen molar-refractivity contribution in [1.29, 1.82) is 0 Å². The molecule has 0 aromatic carbocycles. The van der Waals surface area contributed by atoms with Crippen molar-refractivity contribution in [2.75, 3.05) is 18.0 Å². The first-order chi connectivity index (χ1) is 6.77. The molecule has 2 rings (SSSR count). The maximum Gasteiger partial charge on any atom is 0.0822 e. The van der Waals surface area contributed by atoms with Gasteiger partial charge in [0.1, 0.15) is 0 Å².